The Morgan fingerprint density at radius 2 is 1.89 bits per heavy atom. The van der Waals surface area contributed by atoms with Gasteiger partial charge in [0.15, 0.2) is 0 Å². The summed E-state index contributed by atoms with van der Waals surface area (Å²) >= 11 is 0. The highest BCUT2D eigenvalue weighted by Crippen LogP contribution is 2.67. The van der Waals surface area contributed by atoms with Gasteiger partial charge in [-0.25, -0.2) is 20.4 Å². The molecule has 0 aromatic rings. The van der Waals surface area contributed by atoms with E-state index in [1.54, 1.807) is 13.0 Å². The number of nitrogens with two attached hydrogens (primary N) is 2. The van der Waals surface area contributed by atoms with E-state index >= 15 is 0 Å². The third-order valence-corrected chi connectivity index (χ3v) is 8.91. The standard InChI is InChI=1S/C23H34N6O6/c1-21-6-5-12(26-28-19(24)33)7-11(21)3-4-13-14-8-17(32)23(35,16(10-30)27-29-20(25)34)22(14,2)9-15(31)18(13)21/h5-7,13-15,17-18,30-32,35H,3-4,8-10H2,1-2H3,(H3,24,28,33)(H3,25,29,34)/b26-12-,27-16-/t13-,14-,15+,17+,18+,21-,22-,23+/m0/s1. The molecule has 35 heavy (non-hydrogen) atoms. The van der Waals surface area contributed by atoms with E-state index in [0.717, 1.165) is 5.57 Å². The molecule has 0 aliphatic heterocycles. The first kappa shape index (κ1) is 25.3. The van der Waals surface area contributed by atoms with Gasteiger partial charge in [0.25, 0.3) is 0 Å². The van der Waals surface area contributed by atoms with Crippen molar-refractivity contribution in [1.82, 2.24) is 10.9 Å². The summed E-state index contributed by atoms with van der Waals surface area (Å²) in [6, 6.07) is -1.72. The molecule has 0 saturated heterocycles. The van der Waals surface area contributed by atoms with Crippen molar-refractivity contribution in [2.24, 2.45) is 50.3 Å². The Morgan fingerprint density at radius 3 is 2.51 bits per heavy atom. The van der Waals surface area contributed by atoms with Crippen molar-refractivity contribution in [2.75, 3.05) is 6.61 Å². The zero-order valence-electron chi connectivity index (χ0n) is 19.8. The summed E-state index contributed by atoms with van der Waals surface area (Å²) in [7, 11) is 0. The van der Waals surface area contributed by atoms with Gasteiger partial charge in [-0.1, -0.05) is 25.5 Å². The van der Waals surface area contributed by atoms with E-state index in [4.69, 9.17) is 11.5 Å². The van der Waals surface area contributed by atoms with Crippen molar-refractivity contribution >= 4 is 23.5 Å². The van der Waals surface area contributed by atoms with Crippen molar-refractivity contribution in [2.45, 2.75) is 57.3 Å². The molecule has 4 aliphatic rings. The van der Waals surface area contributed by atoms with Gasteiger partial charge in [-0.2, -0.15) is 10.2 Å². The highest BCUT2D eigenvalue weighted by molar-refractivity contribution is 6.06. The first-order valence-electron chi connectivity index (χ1n) is 11.7. The van der Waals surface area contributed by atoms with Gasteiger partial charge in [-0.15, -0.1) is 0 Å². The maximum atomic E-state index is 11.8. The number of hydrogen-bond donors (Lipinski definition) is 8. The second-order valence-electron chi connectivity index (χ2n) is 10.5. The molecular weight excluding hydrogens is 456 g/mol. The third kappa shape index (κ3) is 3.75. The summed E-state index contributed by atoms with van der Waals surface area (Å²) in [5.74, 6) is -0.402. The largest absolute Gasteiger partial charge is 0.393 e. The van der Waals surface area contributed by atoms with Crippen molar-refractivity contribution in [3.63, 3.8) is 0 Å². The predicted octanol–water partition coefficient (Wildman–Crippen LogP) is -0.561. The van der Waals surface area contributed by atoms with Gasteiger partial charge in [0.1, 0.15) is 5.60 Å². The van der Waals surface area contributed by atoms with E-state index in [0.29, 0.717) is 18.6 Å². The number of allylic oxidation sites excluding steroid dienone is 4. The van der Waals surface area contributed by atoms with Crippen LogP contribution in [0.4, 0.5) is 9.59 Å². The van der Waals surface area contributed by atoms with Crippen LogP contribution in [0.2, 0.25) is 0 Å². The third-order valence-electron chi connectivity index (χ3n) is 8.91. The van der Waals surface area contributed by atoms with Gasteiger partial charge < -0.3 is 31.9 Å². The van der Waals surface area contributed by atoms with Crippen LogP contribution in [0.1, 0.15) is 39.5 Å². The Kier molecular flexibility index (Phi) is 6.29. The average Bonchev–Trinajstić information content (AvgIpc) is 2.98. The number of hydrogen-bond acceptors (Lipinski definition) is 8. The number of aliphatic hydroxyl groups excluding tert-OH is 3. The van der Waals surface area contributed by atoms with Gasteiger partial charge in [-0.3, -0.25) is 0 Å². The molecular formula is C23H34N6O6. The number of carbonyl (C=O) groups is 2. The zero-order chi connectivity index (χ0) is 25.8. The summed E-state index contributed by atoms with van der Waals surface area (Å²) in [6.45, 7) is 3.16. The fraction of sp³-hybridized carbons (Fsp3) is 0.652. The van der Waals surface area contributed by atoms with E-state index in [1.807, 2.05) is 17.6 Å². The summed E-state index contributed by atoms with van der Waals surface area (Å²) in [6.07, 6.45) is 5.41. The molecule has 4 rings (SSSR count). The quantitative estimate of drug-likeness (QED) is 0.191. The van der Waals surface area contributed by atoms with Crippen LogP contribution < -0.4 is 22.3 Å². The van der Waals surface area contributed by atoms with Crippen molar-refractivity contribution in [3.05, 3.63) is 23.8 Å². The molecule has 0 aromatic carbocycles. The van der Waals surface area contributed by atoms with Crippen LogP contribution >= 0.6 is 0 Å². The normalized spacial score (nSPS) is 43.6. The first-order chi connectivity index (χ1) is 16.4. The molecule has 0 unspecified atom stereocenters. The monoisotopic (exact) mass is 490 g/mol. The van der Waals surface area contributed by atoms with Crippen LogP contribution in [0.3, 0.4) is 0 Å². The molecule has 3 fully saturated rings. The minimum Gasteiger partial charge on any atom is -0.393 e. The topological polar surface area (TPSA) is 216 Å². The molecule has 4 aliphatic carbocycles. The molecule has 0 radical (unpaired) electrons. The average molecular weight is 491 g/mol. The zero-order valence-corrected chi connectivity index (χ0v) is 19.8. The SMILES string of the molecule is C[C@]12C=C/C(=N/NC(N)=O)C=C1CC[C@@H]1[C@@H]2[C@H](O)C[C@@]2(C)[C@H]1C[C@@H](O)[C@]2(O)/C(CO)=N\NC(N)=O. The fourth-order valence-electron chi connectivity index (χ4n) is 7.42. The number of hydrazone groups is 2. The minimum absolute atomic E-state index is 0.0366. The molecule has 12 nitrogen and oxygen atoms in total. The molecule has 0 heterocycles. The van der Waals surface area contributed by atoms with Gasteiger partial charge in [0.2, 0.25) is 0 Å². The highest BCUT2D eigenvalue weighted by atomic mass is 16.3. The Hall–Kier alpha value is -2.80. The van der Waals surface area contributed by atoms with Crippen LogP contribution in [0.5, 0.6) is 0 Å². The fourth-order valence-corrected chi connectivity index (χ4v) is 7.42. The van der Waals surface area contributed by atoms with E-state index in [1.165, 1.54) is 0 Å². The molecule has 10 N–H and O–H groups in total. The summed E-state index contributed by atoms with van der Waals surface area (Å²) in [5, 5.41) is 52.2. The molecule has 4 amide bonds. The molecule has 3 saturated carbocycles. The number of amides is 4. The van der Waals surface area contributed by atoms with Crippen LogP contribution in [-0.4, -0.2) is 68.3 Å². The van der Waals surface area contributed by atoms with Crippen LogP contribution in [0.15, 0.2) is 34.0 Å². The molecule has 8 atom stereocenters. The van der Waals surface area contributed by atoms with Gasteiger partial charge in [-0.05, 0) is 49.7 Å². The van der Waals surface area contributed by atoms with Crippen LogP contribution in [-0.2, 0) is 0 Å². The number of nitrogens with one attached hydrogen (secondary N) is 2. The number of primary amides is 2. The molecule has 192 valence electrons. The van der Waals surface area contributed by atoms with Crippen LogP contribution in [0, 0.1) is 28.6 Å². The Bertz CT molecular complexity index is 1040. The molecule has 0 bridgehead atoms. The van der Waals surface area contributed by atoms with Crippen LogP contribution in [0.25, 0.3) is 0 Å². The summed E-state index contributed by atoms with van der Waals surface area (Å²) in [4.78, 5) is 22.2. The van der Waals surface area contributed by atoms with E-state index < -0.39 is 47.3 Å². The number of carbonyl (C=O) groups excluding carboxylic acids is 2. The molecule has 12 heteroatoms. The second kappa shape index (κ2) is 8.70. The Labute approximate surface area is 202 Å². The lowest BCUT2D eigenvalue weighted by molar-refractivity contribution is -0.153. The number of urea groups is 2. The van der Waals surface area contributed by atoms with Crippen molar-refractivity contribution in [1.29, 1.82) is 0 Å². The van der Waals surface area contributed by atoms with E-state index in [-0.39, 0.29) is 36.3 Å². The number of rotatable bonds is 4. The lowest BCUT2D eigenvalue weighted by Crippen LogP contribution is -2.64. The highest BCUT2D eigenvalue weighted by Gasteiger charge is 2.70. The predicted molar refractivity (Wildman–Crippen MR) is 127 cm³/mol. The summed E-state index contributed by atoms with van der Waals surface area (Å²) < 4.78 is 0. The van der Waals surface area contributed by atoms with Gasteiger partial charge in [0.05, 0.1) is 30.2 Å². The van der Waals surface area contributed by atoms with Crippen molar-refractivity contribution < 1.29 is 30.0 Å². The maximum Gasteiger partial charge on any atom is 0.332 e. The number of aliphatic hydroxyl groups is 4. The second-order valence-corrected chi connectivity index (χ2v) is 10.5. The lowest BCUT2D eigenvalue weighted by atomic mass is 9.46. The summed E-state index contributed by atoms with van der Waals surface area (Å²) in [5.41, 5.74) is 12.5. The van der Waals surface area contributed by atoms with Gasteiger partial charge in [0, 0.05) is 16.7 Å². The van der Waals surface area contributed by atoms with Gasteiger partial charge >= 0.3 is 12.1 Å². The minimum atomic E-state index is -1.96. The van der Waals surface area contributed by atoms with E-state index in [2.05, 4.69) is 22.6 Å². The number of fused-ring (bicyclic) bond motifs is 5. The Balaban J connectivity index is 1.69. The molecule has 0 spiro atoms. The molecule has 0 aromatic heterocycles. The van der Waals surface area contributed by atoms with Crippen molar-refractivity contribution in [3.8, 4) is 0 Å². The van der Waals surface area contributed by atoms with E-state index in [9.17, 15) is 30.0 Å². The Morgan fingerprint density at radius 1 is 1.20 bits per heavy atom. The first-order valence-corrected chi connectivity index (χ1v) is 11.7. The maximum absolute atomic E-state index is 11.8. The smallest absolute Gasteiger partial charge is 0.332 e. The lowest BCUT2D eigenvalue weighted by Gasteiger charge is -2.59. The number of nitrogens with zero attached hydrogens (tertiary/aromatic N) is 2.